The van der Waals surface area contributed by atoms with Crippen molar-refractivity contribution in [3.63, 3.8) is 0 Å². The topological polar surface area (TPSA) is 105 Å². The summed E-state index contributed by atoms with van der Waals surface area (Å²) < 4.78 is 21.5. The maximum atomic E-state index is 12.5. The molecule has 8 heteroatoms. The zero-order chi connectivity index (χ0) is 64.9. The molecule has 2 rings (SSSR count). The number of allylic oxidation sites excluding steroid dienone is 36. The zero-order valence-electron chi connectivity index (χ0n) is 55.1. The van der Waals surface area contributed by atoms with Gasteiger partial charge in [-0.2, -0.15) is 0 Å². The number of carbonyl (C=O) groups is 4. The number of esters is 4. The Morgan fingerprint density at radius 2 is 0.489 bits per heavy atom. The minimum atomic E-state index is -0.401. The van der Waals surface area contributed by atoms with Crippen molar-refractivity contribution in [2.75, 3.05) is 0 Å². The lowest BCUT2D eigenvalue weighted by Crippen LogP contribution is -2.10. The summed E-state index contributed by atoms with van der Waals surface area (Å²) in [6, 6.07) is 14.2. The van der Waals surface area contributed by atoms with E-state index in [1.165, 1.54) is 6.92 Å². The molecule has 0 spiro atoms. The smallest absolute Gasteiger partial charge is 0.311 e. The maximum Gasteiger partial charge on any atom is 0.311 e. The van der Waals surface area contributed by atoms with Gasteiger partial charge in [0.05, 0.1) is 0 Å². The molecule has 0 atom stereocenters. The highest BCUT2D eigenvalue weighted by molar-refractivity contribution is 5.73. The summed E-state index contributed by atoms with van der Waals surface area (Å²) in [7, 11) is 0. The number of benzene rings is 2. The van der Waals surface area contributed by atoms with E-state index in [1.54, 1.807) is 30.3 Å². The van der Waals surface area contributed by atoms with Crippen molar-refractivity contribution < 1.29 is 38.1 Å². The van der Waals surface area contributed by atoms with Crippen LogP contribution in [0.3, 0.4) is 0 Å². The quantitative estimate of drug-likeness (QED) is 0.0367. The van der Waals surface area contributed by atoms with Gasteiger partial charge in [0.2, 0.25) is 0 Å². The third-order valence-electron chi connectivity index (χ3n) is 12.5. The van der Waals surface area contributed by atoms with E-state index in [0.29, 0.717) is 54.7 Å². The summed E-state index contributed by atoms with van der Waals surface area (Å²) in [6.07, 6.45) is 97.9. The Balaban J connectivity index is 0. The molecule has 8 nitrogen and oxygen atoms in total. The second kappa shape index (κ2) is 68.5. The lowest BCUT2D eigenvalue weighted by molar-refractivity contribution is -0.145. The molecule has 2 aromatic rings. The van der Waals surface area contributed by atoms with Crippen LogP contribution < -0.4 is 9.47 Å². The predicted molar refractivity (Wildman–Crippen MR) is 395 cm³/mol. The zero-order valence-corrected chi connectivity index (χ0v) is 55.1. The van der Waals surface area contributed by atoms with Crippen LogP contribution in [-0.4, -0.2) is 23.9 Å². The molecule has 0 saturated heterocycles. The first-order valence-corrected chi connectivity index (χ1v) is 32.9. The first kappa shape index (κ1) is 85.7. The monoisotopic (exact) mass is 1250 g/mol. The van der Waals surface area contributed by atoms with Crippen LogP contribution in [0.25, 0.3) is 0 Å². The fraction of sp³-hybridized carbons (Fsp3) is 0.381. The van der Waals surface area contributed by atoms with Crippen LogP contribution in [0.5, 0.6) is 11.5 Å². The highest BCUT2D eigenvalue weighted by Crippen LogP contribution is 2.21. The number of hydrogen-bond acceptors (Lipinski definition) is 8. The summed E-state index contributed by atoms with van der Waals surface area (Å²) in [4.78, 5) is 47.9. The number of carbonyl (C=O) groups excluding carboxylic acids is 4. The molecule has 0 radical (unpaired) electrons. The van der Waals surface area contributed by atoms with Gasteiger partial charge in [0.1, 0.15) is 24.7 Å². The van der Waals surface area contributed by atoms with Gasteiger partial charge in [0.25, 0.3) is 0 Å². The lowest BCUT2D eigenvalue weighted by atomic mass is 10.2. The molecule has 0 unspecified atom stereocenters. The van der Waals surface area contributed by atoms with Gasteiger partial charge < -0.3 is 18.9 Å². The molecule has 2 aromatic carbocycles. The predicted octanol–water partition coefficient (Wildman–Crippen LogP) is 24.0. The van der Waals surface area contributed by atoms with Crippen molar-refractivity contribution in [3.8, 4) is 11.5 Å². The summed E-state index contributed by atoms with van der Waals surface area (Å²) in [5.74, 6) is -0.414. The molecule has 0 fully saturated rings. The SMILES string of the molecule is C.C.CC/C=C\C/C=C\C/C=C\C/C=C\C/C=C\C/C=C\CCC(=O)OCc1ccccc1OC(=O)CC/C=C\C/C=C\C/C=C\C/C=C\C/C=C\C/C=C\CC.CC/C=C\C/C=C\C/C=C\C/C=C\C/C=C\C/C=C\CCC(=O)OCc1ccccc1OC(C)=O. The normalized spacial score (nSPS) is 12.5. The highest BCUT2D eigenvalue weighted by atomic mass is 16.6. The Morgan fingerprint density at radius 1 is 0.283 bits per heavy atom. The van der Waals surface area contributed by atoms with Crippen molar-refractivity contribution in [1.82, 2.24) is 0 Å². The standard InChI is InChI=1S/C51H68O4.C31H40O4.2CH4/c1-3-5-7-9-11-13-15-17-19-21-23-25-27-29-31-33-35-37-39-45-50(52)54-47-48-43-41-42-44-49(48)55-51(53)46-40-38-36-34-32-30-28-26-24-22-20-18-16-14-12-10-8-6-4-2;1-3-4-5-6-7-8-9-10-11-12-13-14-15-16-17-18-19-20-21-26-31(33)34-27-29-24-22-23-25-30(29)35-28(2)32;;/h5-8,11-14,17-20,23-26,29-32,35-38,41-44H,3-4,9-10,15-16,21-22,27-28,33-34,39-40,45-47H2,1-2H3;4-5,7-8,10-11,13-14,16-17,19-20,22-25H,3,6,9,12,15,18,21,26-27H2,1-2H3;2*1H4/b7-5-,8-6-,13-11-,14-12-,19-17-,20-18-,25-23-,26-24-,31-29-,32-30-,37-35-,38-36-;5-4-,8-7-,11-10-,14-13-,17-16-,20-19-;;. The van der Waals surface area contributed by atoms with Crippen LogP contribution in [0.1, 0.15) is 208 Å². The molecule has 0 aliphatic heterocycles. The van der Waals surface area contributed by atoms with E-state index in [-0.39, 0.29) is 52.4 Å². The number of rotatable bonds is 48. The van der Waals surface area contributed by atoms with Crippen LogP contribution >= 0.6 is 0 Å². The van der Waals surface area contributed by atoms with Gasteiger partial charge in [-0.25, -0.2) is 0 Å². The van der Waals surface area contributed by atoms with Crippen LogP contribution in [0.2, 0.25) is 0 Å². The van der Waals surface area contributed by atoms with Gasteiger partial charge in [0, 0.05) is 37.3 Å². The third-order valence-corrected chi connectivity index (χ3v) is 12.5. The van der Waals surface area contributed by atoms with Crippen LogP contribution in [0, 0.1) is 0 Å². The van der Waals surface area contributed by atoms with Gasteiger partial charge in [-0.05, 0) is 147 Å². The number of ether oxygens (including phenoxy) is 4. The Kier molecular flexibility index (Phi) is 63.9. The molecular weight excluding hydrogens is 1140 g/mol. The Morgan fingerprint density at radius 3 is 0.728 bits per heavy atom. The van der Waals surface area contributed by atoms with E-state index >= 15 is 0 Å². The molecule has 0 aliphatic rings. The molecule has 0 amide bonds. The summed E-state index contributed by atoms with van der Waals surface area (Å²) in [5, 5.41) is 0. The molecule has 0 saturated carbocycles. The Bertz CT molecular complexity index is 2750. The lowest BCUT2D eigenvalue weighted by Gasteiger charge is -2.10. The molecule has 0 N–H and O–H groups in total. The van der Waals surface area contributed by atoms with Gasteiger partial charge in [-0.1, -0.05) is 291 Å². The average molecular weight is 1250 g/mol. The van der Waals surface area contributed by atoms with Crippen molar-refractivity contribution in [1.29, 1.82) is 0 Å². The molecular formula is C84H116O8. The molecule has 500 valence electrons. The molecule has 0 aromatic heterocycles. The molecule has 92 heavy (non-hydrogen) atoms. The van der Waals surface area contributed by atoms with Crippen molar-refractivity contribution in [3.05, 3.63) is 278 Å². The second-order valence-electron chi connectivity index (χ2n) is 20.5. The minimum Gasteiger partial charge on any atom is -0.461 e. The van der Waals surface area contributed by atoms with Gasteiger partial charge >= 0.3 is 23.9 Å². The van der Waals surface area contributed by atoms with Gasteiger partial charge in [-0.15, -0.1) is 0 Å². The van der Waals surface area contributed by atoms with Crippen molar-refractivity contribution >= 4 is 23.9 Å². The van der Waals surface area contributed by atoms with E-state index < -0.39 is 5.97 Å². The first-order chi connectivity index (χ1) is 44.3. The largest absolute Gasteiger partial charge is 0.461 e. The van der Waals surface area contributed by atoms with Crippen molar-refractivity contribution in [2.45, 2.75) is 210 Å². The van der Waals surface area contributed by atoms with Crippen LogP contribution in [0.4, 0.5) is 0 Å². The fourth-order valence-electron chi connectivity index (χ4n) is 7.76. The second-order valence-corrected chi connectivity index (χ2v) is 20.5. The molecule has 0 bridgehead atoms. The highest BCUT2D eigenvalue weighted by Gasteiger charge is 2.11. The minimum absolute atomic E-state index is 0. The average Bonchev–Trinajstić information content (AvgIpc) is 2.84. The maximum absolute atomic E-state index is 12.5. The summed E-state index contributed by atoms with van der Waals surface area (Å²) in [6.45, 7) is 7.95. The molecule has 0 heterocycles. The van der Waals surface area contributed by atoms with E-state index in [0.717, 1.165) is 116 Å². The number of hydrogen-bond donors (Lipinski definition) is 0. The first-order valence-electron chi connectivity index (χ1n) is 32.9. The Labute approximate surface area is 558 Å². The molecule has 0 aliphatic carbocycles. The van der Waals surface area contributed by atoms with Crippen LogP contribution in [0.15, 0.2) is 267 Å². The Hall–Kier alpha value is -8.36. The van der Waals surface area contributed by atoms with Gasteiger partial charge in [0.15, 0.2) is 0 Å². The van der Waals surface area contributed by atoms with E-state index in [2.05, 4.69) is 221 Å². The fourth-order valence-corrected chi connectivity index (χ4v) is 7.76. The van der Waals surface area contributed by atoms with Crippen LogP contribution in [-0.2, 0) is 41.9 Å². The third kappa shape index (κ3) is 59.3. The summed E-state index contributed by atoms with van der Waals surface area (Å²) >= 11 is 0. The number of para-hydroxylation sites is 2. The van der Waals surface area contributed by atoms with Crippen molar-refractivity contribution in [2.24, 2.45) is 0 Å². The van der Waals surface area contributed by atoms with E-state index in [9.17, 15) is 19.2 Å². The van der Waals surface area contributed by atoms with E-state index in [1.807, 2.05) is 36.4 Å². The summed E-state index contributed by atoms with van der Waals surface area (Å²) in [5.41, 5.74) is 1.34. The van der Waals surface area contributed by atoms with E-state index in [4.69, 9.17) is 18.9 Å². The van der Waals surface area contributed by atoms with Gasteiger partial charge in [-0.3, -0.25) is 19.2 Å².